The molecule has 1 N–H and O–H groups in total. The van der Waals surface area contributed by atoms with Crippen LogP contribution in [0.2, 0.25) is 0 Å². The summed E-state index contributed by atoms with van der Waals surface area (Å²) < 4.78 is 33.4. The molecule has 1 amide bonds. The highest BCUT2D eigenvalue weighted by Gasteiger charge is 2.33. The maximum atomic E-state index is 13.6. The Hall–Kier alpha value is -3.20. The molecule has 3 rings (SSSR count). The molecular weight excluding hydrogens is 452 g/mol. The average molecular weight is 483 g/mol. The molecule has 0 saturated heterocycles. The Labute approximate surface area is 201 Å². The van der Waals surface area contributed by atoms with E-state index in [1.807, 2.05) is 19.9 Å². The first-order valence-electron chi connectivity index (χ1n) is 11.1. The van der Waals surface area contributed by atoms with Crippen LogP contribution in [0.4, 0.5) is 0 Å². The SMILES string of the molecule is CCCCOc1ccc(S(=O)(=O)N(Cc2ccccc2)N(O)C(=O)c2cc(C)cc(C)c2)cc1. The van der Waals surface area contributed by atoms with Crippen molar-refractivity contribution in [2.24, 2.45) is 0 Å². The van der Waals surface area contributed by atoms with Gasteiger partial charge in [-0.25, -0.2) is 8.42 Å². The van der Waals surface area contributed by atoms with Crippen molar-refractivity contribution in [1.82, 2.24) is 9.59 Å². The van der Waals surface area contributed by atoms with Crippen LogP contribution in [0.25, 0.3) is 0 Å². The van der Waals surface area contributed by atoms with E-state index in [1.165, 1.54) is 12.1 Å². The standard InChI is InChI=1S/C26H30N2O5S/c1-4-5-15-33-24-11-13-25(14-12-24)34(31,32)27(19-22-9-7-6-8-10-22)28(30)26(29)23-17-20(2)16-21(3)18-23/h6-14,16-18,30H,4-5,15,19H2,1-3H3. The van der Waals surface area contributed by atoms with E-state index < -0.39 is 15.9 Å². The number of rotatable bonds is 10. The zero-order valence-corrected chi connectivity index (χ0v) is 20.5. The molecule has 34 heavy (non-hydrogen) atoms. The number of sulfonamides is 1. The summed E-state index contributed by atoms with van der Waals surface area (Å²) in [6, 6.07) is 19.8. The molecule has 0 radical (unpaired) electrons. The summed E-state index contributed by atoms with van der Waals surface area (Å²) >= 11 is 0. The van der Waals surface area contributed by atoms with Gasteiger partial charge in [0, 0.05) is 5.56 Å². The van der Waals surface area contributed by atoms with E-state index in [2.05, 4.69) is 6.92 Å². The summed E-state index contributed by atoms with van der Waals surface area (Å²) in [5.74, 6) is -0.292. The van der Waals surface area contributed by atoms with E-state index in [9.17, 15) is 18.4 Å². The third-order valence-electron chi connectivity index (χ3n) is 5.19. The summed E-state index contributed by atoms with van der Waals surface area (Å²) in [4.78, 5) is 13.0. The molecule has 0 aliphatic carbocycles. The van der Waals surface area contributed by atoms with Gasteiger partial charge in [-0.1, -0.05) is 65.3 Å². The second kappa shape index (κ2) is 11.3. The minimum Gasteiger partial charge on any atom is -0.494 e. The van der Waals surface area contributed by atoms with Crippen molar-refractivity contribution in [3.63, 3.8) is 0 Å². The normalized spacial score (nSPS) is 11.4. The Balaban J connectivity index is 1.95. The second-order valence-corrected chi connectivity index (χ2v) is 9.96. The predicted octanol–water partition coefficient (Wildman–Crippen LogP) is 5.12. The molecule has 7 nitrogen and oxygen atoms in total. The van der Waals surface area contributed by atoms with Crippen molar-refractivity contribution in [3.05, 3.63) is 95.1 Å². The van der Waals surface area contributed by atoms with Gasteiger partial charge < -0.3 is 4.74 Å². The van der Waals surface area contributed by atoms with Gasteiger partial charge in [-0.15, -0.1) is 5.17 Å². The van der Waals surface area contributed by atoms with Gasteiger partial charge >= 0.3 is 0 Å². The van der Waals surface area contributed by atoms with Gasteiger partial charge in [-0.2, -0.15) is 0 Å². The van der Waals surface area contributed by atoms with Crippen LogP contribution in [0.1, 0.15) is 46.8 Å². The van der Waals surface area contributed by atoms with Crippen LogP contribution in [0, 0.1) is 13.8 Å². The third kappa shape index (κ3) is 6.22. The highest BCUT2D eigenvalue weighted by molar-refractivity contribution is 7.89. The Morgan fingerprint density at radius 3 is 2.15 bits per heavy atom. The summed E-state index contributed by atoms with van der Waals surface area (Å²) in [6.45, 7) is 6.02. The van der Waals surface area contributed by atoms with Crippen molar-refractivity contribution in [3.8, 4) is 5.75 Å². The van der Waals surface area contributed by atoms with Crippen LogP contribution in [-0.4, -0.2) is 35.7 Å². The number of ether oxygens (including phenoxy) is 1. The first-order chi connectivity index (χ1) is 16.2. The van der Waals surface area contributed by atoms with Crippen molar-refractivity contribution in [2.45, 2.75) is 45.1 Å². The lowest BCUT2D eigenvalue weighted by Crippen LogP contribution is -2.47. The number of carbonyl (C=O) groups is 1. The lowest BCUT2D eigenvalue weighted by Gasteiger charge is -2.29. The number of benzene rings is 3. The second-order valence-electron chi connectivity index (χ2n) is 8.12. The maximum Gasteiger partial charge on any atom is 0.293 e. The van der Waals surface area contributed by atoms with Crippen LogP contribution in [0.15, 0.2) is 77.7 Å². The van der Waals surface area contributed by atoms with E-state index in [4.69, 9.17) is 4.74 Å². The number of unbranched alkanes of at least 4 members (excludes halogenated alkanes) is 1. The largest absolute Gasteiger partial charge is 0.494 e. The van der Waals surface area contributed by atoms with Gasteiger partial charge in [0.2, 0.25) is 0 Å². The quantitative estimate of drug-likeness (QED) is 0.246. The molecule has 180 valence electrons. The van der Waals surface area contributed by atoms with E-state index in [-0.39, 0.29) is 22.2 Å². The maximum absolute atomic E-state index is 13.6. The van der Waals surface area contributed by atoms with Gasteiger partial charge in [-0.05, 0) is 62.2 Å². The molecule has 0 aliphatic heterocycles. The molecule has 0 aromatic heterocycles. The minimum atomic E-state index is -4.28. The Morgan fingerprint density at radius 1 is 0.941 bits per heavy atom. The molecule has 0 atom stereocenters. The van der Waals surface area contributed by atoms with Crippen molar-refractivity contribution in [1.29, 1.82) is 0 Å². The number of hydrazine groups is 1. The number of hydrogen-bond acceptors (Lipinski definition) is 5. The first kappa shape index (κ1) is 25.4. The fourth-order valence-corrected chi connectivity index (χ4v) is 4.79. The van der Waals surface area contributed by atoms with Crippen molar-refractivity contribution >= 4 is 15.9 Å². The van der Waals surface area contributed by atoms with Gasteiger partial charge in [0.15, 0.2) is 0 Å². The predicted molar refractivity (Wildman–Crippen MR) is 130 cm³/mol. The number of aryl methyl sites for hydroxylation is 2. The number of amides is 1. The Bertz CT molecular complexity index is 1190. The highest BCUT2D eigenvalue weighted by atomic mass is 32.2. The fourth-order valence-electron chi connectivity index (χ4n) is 3.47. The van der Waals surface area contributed by atoms with Gasteiger partial charge in [0.25, 0.3) is 15.9 Å². The first-order valence-corrected chi connectivity index (χ1v) is 12.6. The van der Waals surface area contributed by atoms with E-state index in [0.29, 0.717) is 22.3 Å². The Morgan fingerprint density at radius 2 is 1.56 bits per heavy atom. The molecule has 8 heteroatoms. The van der Waals surface area contributed by atoms with Crippen molar-refractivity contribution in [2.75, 3.05) is 6.61 Å². The molecule has 0 saturated carbocycles. The van der Waals surface area contributed by atoms with Gasteiger partial charge in [-0.3, -0.25) is 10.0 Å². The summed E-state index contributed by atoms with van der Waals surface area (Å²) in [6.07, 6.45) is 1.88. The number of hydroxylamine groups is 1. The van der Waals surface area contributed by atoms with Gasteiger partial charge in [0.05, 0.1) is 18.0 Å². The zero-order valence-electron chi connectivity index (χ0n) is 19.6. The third-order valence-corrected chi connectivity index (χ3v) is 6.89. The van der Waals surface area contributed by atoms with Crippen LogP contribution >= 0.6 is 0 Å². The average Bonchev–Trinajstić information content (AvgIpc) is 2.82. The molecule has 0 heterocycles. The van der Waals surface area contributed by atoms with Crippen molar-refractivity contribution < 1.29 is 23.2 Å². The topological polar surface area (TPSA) is 87.2 Å². The lowest BCUT2D eigenvalue weighted by atomic mass is 10.1. The monoisotopic (exact) mass is 482 g/mol. The number of hydrogen-bond donors (Lipinski definition) is 1. The molecule has 0 aliphatic rings. The van der Waals surface area contributed by atoms with Gasteiger partial charge in [0.1, 0.15) is 5.75 Å². The summed E-state index contributed by atoms with van der Waals surface area (Å²) in [7, 11) is -4.28. The van der Waals surface area contributed by atoms with E-state index in [1.54, 1.807) is 54.6 Å². The fraction of sp³-hybridized carbons (Fsp3) is 0.269. The number of nitrogens with zero attached hydrogens (tertiary/aromatic N) is 2. The van der Waals surface area contributed by atoms with E-state index >= 15 is 0 Å². The molecule has 3 aromatic carbocycles. The van der Waals surface area contributed by atoms with Crippen LogP contribution < -0.4 is 4.74 Å². The molecule has 0 bridgehead atoms. The number of carbonyl (C=O) groups excluding carboxylic acids is 1. The summed E-state index contributed by atoms with van der Waals surface area (Å²) in [5, 5.41) is 11.1. The molecule has 3 aromatic rings. The van der Waals surface area contributed by atoms with Crippen LogP contribution in [0.3, 0.4) is 0 Å². The zero-order chi connectivity index (χ0) is 24.7. The Kier molecular flexibility index (Phi) is 8.44. The highest BCUT2D eigenvalue weighted by Crippen LogP contribution is 2.24. The molecular formula is C26H30N2O5S. The van der Waals surface area contributed by atoms with E-state index in [0.717, 1.165) is 24.0 Å². The van der Waals surface area contributed by atoms with Crippen LogP contribution in [-0.2, 0) is 16.6 Å². The smallest absolute Gasteiger partial charge is 0.293 e. The molecule has 0 fully saturated rings. The summed E-state index contributed by atoms with van der Waals surface area (Å²) in [5.41, 5.74) is 2.45. The minimum absolute atomic E-state index is 0.0708. The van der Waals surface area contributed by atoms with Crippen LogP contribution in [0.5, 0.6) is 5.75 Å². The molecule has 0 spiro atoms. The lowest BCUT2D eigenvalue weighted by molar-refractivity contribution is -0.163. The molecule has 0 unspecified atom stereocenters.